The number of hydrogen-bond donors (Lipinski definition) is 0. The van der Waals surface area contributed by atoms with Gasteiger partial charge >= 0.3 is 18.2 Å². The average molecular weight is 664 g/mol. The molecule has 2 aliphatic heterocycles. The number of anilines is 1. The molecule has 3 aromatic carbocycles. The number of piperazine rings is 1. The van der Waals surface area contributed by atoms with Crippen molar-refractivity contribution in [1.29, 1.82) is 0 Å². The zero-order valence-electron chi connectivity index (χ0n) is 26.0. The first-order chi connectivity index (χ1) is 23.0. The second-order valence-electron chi connectivity index (χ2n) is 12.2. The lowest BCUT2D eigenvalue weighted by atomic mass is 10.1. The molecule has 7 rings (SSSR count). The Kier molecular flexibility index (Phi) is 8.07. The quantitative estimate of drug-likeness (QED) is 0.138. The van der Waals surface area contributed by atoms with Crippen molar-refractivity contribution in [3.63, 3.8) is 0 Å². The number of aromatic nitrogens is 4. The summed E-state index contributed by atoms with van der Waals surface area (Å²) in [4.78, 5) is 24.0. The molecular weight excluding hydrogens is 631 g/mol. The maximum Gasteiger partial charge on any atom is 0.573 e. The Hall–Kier alpha value is -5.31. The van der Waals surface area contributed by atoms with Gasteiger partial charge in [0.25, 0.3) is 0 Å². The predicted octanol–water partition coefficient (Wildman–Crippen LogP) is 5.64. The summed E-state index contributed by atoms with van der Waals surface area (Å²) in [5, 5.41) is 11.0. The molecule has 250 valence electrons. The largest absolute Gasteiger partial charge is 0.573 e. The number of hydrogen-bond acceptors (Lipinski definition) is 9. The number of nitro groups is 1. The number of rotatable bonds is 10. The first-order valence-corrected chi connectivity index (χ1v) is 15.4. The molecule has 2 aliphatic rings. The molecule has 1 saturated heterocycles. The van der Waals surface area contributed by atoms with E-state index in [-0.39, 0.29) is 24.2 Å². The highest BCUT2D eigenvalue weighted by atomic mass is 19.4. The third-order valence-electron chi connectivity index (χ3n) is 8.40. The summed E-state index contributed by atoms with van der Waals surface area (Å²) in [6.45, 7) is 6.63. The number of imidazole rings is 2. The van der Waals surface area contributed by atoms with Gasteiger partial charge in [0.1, 0.15) is 24.3 Å². The average Bonchev–Trinajstić information content (AvgIpc) is 3.71. The van der Waals surface area contributed by atoms with Crippen molar-refractivity contribution in [1.82, 2.24) is 24.0 Å². The van der Waals surface area contributed by atoms with Crippen molar-refractivity contribution in [2.24, 2.45) is 0 Å². The number of benzene rings is 3. The second-order valence-corrected chi connectivity index (χ2v) is 12.2. The summed E-state index contributed by atoms with van der Waals surface area (Å²) >= 11 is 0. The van der Waals surface area contributed by atoms with Crippen LogP contribution in [-0.4, -0.2) is 73.7 Å². The number of fused-ring (bicyclic) bond motifs is 2. The number of halogens is 3. The first kappa shape index (κ1) is 31.3. The molecule has 1 atom stereocenters. The first-order valence-electron chi connectivity index (χ1n) is 15.4. The van der Waals surface area contributed by atoms with E-state index in [4.69, 9.17) is 14.5 Å². The van der Waals surface area contributed by atoms with Crippen molar-refractivity contribution in [2.75, 3.05) is 37.7 Å². The molecule has 48 heavy (non-hydrogen) atoms. The molecule has 1 fully saturated rings. The van der Waals surface area contributed by atoms with Crippen LogP contribution in [-0.2, 0) is 19.6 Å². The van der Waals surface area contributed by atoms with Crippen LogP contribution in [0.2, 0.25) is 0 Å². The molecule has 0 unspecified atom stereocenters. The Morgan fingerprint density at radius 3 is 2.33 bits per heavy atom. The highest BCUT2D eigenvalue weighted by Gasteiger charge is 2.41. The fraction of sp³-hybridized carbons (Fsp3) is 0.333. The van der Waals surface area contributed by atoms with Gasteiger partial charge in [-0.15, -0.1) is 13.2 Å². The van der Waals surface area contributed by atoms with Crippen molar-refractivity contribution in [3.8, 4) is 17.5 Å². The van der Waals surface area contributed by atoms with E-state index in [1.807, 2.05) is 43.3 Å². The summed E-state index contributed by atoms with van der Waals surface area (Å²) in [7, 11) is 0. The van der Waals surface area contributed by atoms with Gasteiger partial charge in [0.05, 0.1) is 24.1 Å². The number of alkyl halides is 3. The molecule has 0 spiro atoms. The second kappa shape index (κ2) is 12.4. The summed E-state index contributed by atoms with van der Waals surface area (Å²) in [6, 6.07) is 22.2. The summed E-state index contributed by atoms with van der Waals surface area (Å²) in [5.41, 5.74) is 3.04. The summed E-state index contributed by atoms with van der Waals surface area (Å²) < 4.78 is 57.5. The Labute approximate surface area is 273 Å². The van der Waals surface area contributed by atoms with Gasteiger partial charge in [-0.25, -0.2) is 4.98 Å². The van der Waals surface area contributed by atoms with Crippen molar-refractivity contribution < 1.29 is 32.3 Å². The topological polar surface area (TPSA) is 113 Å². The number of ether oxygens (including phenoxy) is 3. The Bertz CT molecular complexity index is 1900. The van der Waals surface area contributed by atoms with E-state index < -0.39 is 16.9 Å². The molecule has 12 nitrogen and oxygen atoms in total. The highest BCUT2D eigenvalue weighted by molar-refractivity contribution is 5.80. The smallest absolute Gasteiger partial charge is 0.489 e. The van der Waals surface area contributed by atoms with Crippen molar-refractivity contribution >= 4 is 22.8 Å². The molecule has 5 aromatic rings. The van der Waals surface area contributed by atoms with Crippen LogP contribution in [0.25, 0.3) is 11.0 Å². The molecule has 15 heteroatoms. The van der Waals surface area contributed by atoms with E-state index in [0.29, 0.717) is 25.4 Å². The van der Waals surface area contributed by atoms with Crippen molar-refractivity contribution in [2.45, 2.75) is 38.5 Å². The molecule has 4 heterocycles. The van der Waals surface area contributed by atoms with Gasteiger partial charge in [0, 0.05) is 43.8 Å². The zero-order valence-corrected chi connectivity index (χ0v) is 26.0. The van der Waals surface area contributed by atoms with Gasteiger partial charge in [-0.05, 0) is 47.2 Å². The monoisotopic (exact) mass is 663 g/mol. The molecule has 0 saturated carbocycles. The zero-order chi connectivity index (χ0) is 33.5. The van der Waals surface area contributed by atoms with E-state index >= 15 is 0 Å². The van der Waals surface area contributed by atoms with E-state index in [1.165, 1.54) is 18.3 Å². The van der Waals surface area contributed by atoms with Gasteiger partial charge in [0.15, 0.2) is 5.60 Å². The molecule has 0 amide bonds. The number of nitrogens with zero attached hydrogens (tertiary/aromatic N) is 7. The van der Waals surface area contributed by atoms with E-state index in [1.54, 1.807) is 16.7 Å². The fourth-order valence-corrected chi connectivity index (χ4v) is 6.10. The van der Waals surface area contributed by atoms with Crippen LogP contribution in [0.1, 0.15) is 18.1 Å². The van der Waals surface area contributed by atoms with E-state index in [0.717, 1.165) is 54.3 Å². The molecule has 0 bridgehead atoms. The molecular formula is C33H32F3N7O5. The minimum absolute atomic E-state index is 0.195. The third kappa shape index (κ3) is 6.86. The SMILES string of the molecule is C[C@]1(COc2ccc3c(c2)nc(N2CCN(Cc4ccc(OC(F)(F)F)cc4)CC2)n3Cc2ccccc2)Cn2cc([N+](=O)[O-])nc2O1. The minimum Gasteiger partial charge on any atom is -0.489 e. The third-order valence-corrected chi connectivity index (χ3v) is 8.40. The molecule has 0 N–H and O–H groups in total. The standard InChI is InChI=1S/C33H32F3N7O5/c1-32(21-41-20-29(43(44)45)38-31(41)48-32)22-46-26-11-12-28-27(17-26)37-30(42(28)19-23-5-3-2-4-6-23)40-15-13-39(14-16-40)18-24-7-9-25(10-8-24)47-33(34,35)36/h2-12,17,20H,13-16,18-19,21-22H2,1H3/t32-/m1/s1. The molecule has 2 aromatic heterocycles. The van der Waals surface area contributed by atoms with Gasteiger partial charge in [-0.1, -0.05) is 42.5 Å². The summed E-state index contributed by atoms with van der Waals surface area (Å²) in [5.74, 6) is 0.978. The lowest BCUT2D eigenvalue weighted by Gasteiger charge is -2.35. The van der Waals surface area contributed by atoms with Crippen LogP contribution < -0.4 is 19.1 Å². The van der Waals surface area contributed by atoms with Gasteiger partial charge < -0.3 is 33.8 Å². The Balaban J connectivity index is 1.04. The Morgan fingerprint density at radius 2 is 1.65 bits per heavy atom. The van der Waals surface area contributed by atoms with Crippen molar-refractivity contribution in [3.05, 3.63) is 100 Å². The maximum absolute atomic E-state index is 12.5. The van der Waals surface area contributed by atoms with E-state index in [9.17, 15) is 23.3 Å². The van der Waals surface area contributed by atoms with Crippen LogP contribution >= 0.6 is 0 Å². The lowest BCUT2D eigenvalue weighted by Crippen LogP contribution is -2.46. The minimum atomic E-state index is -4.72. The normalized spacial score (nSPS) is 18.1. The molecule has 0 radical (unpaired) electrons. The fourth-order valence-electron chi connectivity index (χ4n) is 6.10. The van der Waals surface area contributed by atoms with Crippen LogP contribution in [0.3, 0.4) is 0 Å². The Morgan fingerprint density at radius 1 is 0.938 bits per heavy atom. The van der Waals surface area contributed by atoms with Gasteiger partial charge in [-0.3, -0.25) is 9.47 Å². The van der Waals surface area contributed by atoms with E-state index in [2.05, 4.69) is 36.2 Å². The van der Waals surface area contributed by atoms with Gasteiger partial charge in [0.2, 0.25) is 5.95 Å². The molecule has 0 aliphatic carbocycles. The maximum atomic E-state index is 12.5. The van der Waals surface area contributed by atoms with Crippen LogP contribution in [0.4, 0.5) is 24.9 Å². The predicted molar refractivity (Wildman–Crippen MR) is 169 cm³/mol. The van der Waals surface area contributed by atoms with Crippen LogP contribution in [0.5, 0.6) is 17.5 Å². The lowest BCUT2D eigenvalue weighted by molar-refractivity contribution is -0.389. The van der Waals surface area contributed by atoms with Crippen LogP contribution in [0.15, 0.2) is 79.0 Å². The van der Waals surface area contributed by atoms with Crippen LogP contribution in [0, 0.1) is 10.1 Å². The van der Waals surface area contributed by atoms with Gasteiger partial charge in [-0.2, -0.15) is 0 Å². The highest BCUT2D eigenvalue weighted by Crippen LogP contribution is 2.33. The summed E-state index contributed by atoms with van der Waals surface area (Å²) in [6.07, 6.45) is -3.35.